The Morgan fingerprint density at radius 1 is 1.55 bits per heavy atom. The summed E-state index contributed by atoms with van der Waals surface area (Å²) in [5, 5.41) is 1.63. The Morgan fingerprint density at radius 3 is 2.27 bits per heavy atom. The first kappa shape index (κ1) is 8.89. The SMILES string of the molecule is CCN1C(=O)NC(P)(P)C1=O. The Hall–Kier alpha value is -0.200. The minimum Gasteiger partial charge on any atom is -0.317 e. The highest BCUT2D eigenvalue weighted by Gasteiger charge is 2.43. The fourth-order valence-electron chi connectivity index (χ4n) is 0.901. The first-order valence-corrected chi connectivity index (χ1v) is 4.36. The van der Waals surface area contributed by atoms with E-state index in [2.05, 4.69) is 23.8 Å². The number of nitrogens with zero attached hydrogens (tertiary/aromatic N) is 1. The average Bonchev–Trinajstić information content (AvgIpc) is 2.04. The van der Waals surface area contributed by atoms with Gasteiger partial charge in [-0.25, -0.2) is 4.79 Å². The molecule has 6 heteroatoms. The molecule has 1 N–H and O–H groups in total. The first-order valence-electron chi connectivity index (χ1n) is 3.21. The summed E-state index contributed by atoms with van der Waals surface area (Å²) in [6, 6.07) is -0.331. The molecule has 1 aliphatic heterocycles. The Kier molecular flexibility index (Phi) is 2.17. The molecule has 1 saturated heterocycles. The smallest absolute Gasteiger partial charge is 0.317 e. The summed E-state index contributed by atoms with van der Waals surface area (Å²) in [4.78, 5) is 23.4. The van der Waals surface area contributed by atoms with Gasteiger partial charge in [-0.15, -0.1) is 0 Å². The summed E-state index contributed by atoms with van der Waals surface area (Å²) in [6.07, 6.45) is 0. The highest BCUT2D eigenvalue weighted by molar-refractivity contribution is 7.42. The number of likely N-dealkylation sites (N-methyl/N-ethyl adjacent to an activating group) is 1. The maximum absolute atomic E-state index is 11.3. The third-order valence-electron chi connectivity index (χ3n) is 1.47. The highest BCUT2D eigenvalue weighted by atomic mass is 31.1. The van der Waals surface area contributed by atoms with Crippen LogP contribution in [0.15, 0.2) is 0 Å². The standard InChI is InChI=1S/C5H10N2O2P2/c1-2-7-3(8)5(10,11)6-4(7)9/h2,10-11H2,1H3,(H,6,9). The number of rotatable bonds is 1. The van der Waals surface area contributed by atoms with Gasteiger partial charge in [0.2, 0.25) is 0 Å². The molecule has 62 valence electrons. The van der Waals surface area contributed by atoms with Crippen LogP contribution in [0.3, 0.4) is 0 Å². The van der Waals surface area contributed by atoms with E-state index in [9.17, 15) is 9.59 Å². The molecule has 0 radical (unpaired) electrons. The highest BCUT2D eigenvalue weighted by Crippen LogP contribution is 2.30. The lowest BCUT2D eigenvalue weighted by atomic mass is 10.5. The zero-order valence-corrected chi connectivity index (χ0v) is 8.43. The molecular formula is C5H10N2O2P2. The topological polar surface area (TPSA) is 49.4 Å². The summed E-state index contributed by atoms with van der Waals surface area (Å²) in [5.74, 6) is -0.222. The maximum atomic E-state index is 11.3. The predicted molar refractivity (Wildman–Crippen MR) is 48.1 cm³/mol. The van der Waals surface area contributed by atoms with Crippen molar-refractivity contribution in [3.05, 3.63) is 0 Å². The third kappa shape index (κ3) is 1.38. The van der Waals surface area contributed by atoms with E-state index < -0.39 is 5.02 Å². The monoisotopic (exact) mass is 192 g/mol. The molecule has 1 heterocycles. The van der Waals surface area contributed by atoms with Crippen molar-refractivity contribution < 1.29 is 9.59 Å². The van der Waals surface area contributed by atoms with Gasteiger partial charge in [-0.05, 0) is 6.92 Å². The van der Waals surface area contributed by atoms with Gasteiger partial charge in [0.15, 0.2) is 0 Å². The van der Waals surface area contributed by atoms with Crippen LogP contribution in [0.5, 0.6) is 0 Å². The Morgan fingerprint density at radius 2 is 2.09 bits per heavy atom. The minimum atomic E-state index is -0.882. The quantitative estimate of drug-likeness (QED) is 0.468. The van der Waals surface area contributed by atoms with E-state index in [0.717, 1.165) is 0 Å². The van der Waals surface area contributed by atoms with Gasteiger partial charge in [-0.2, -0.15) is 0 Å². The first-order chi connectivity index (χ1) is 4.99. The molecule has 2 unspecified atom stereocenters. The molecule has 0 aromatic carbocycles. The number of carbonyl (C=O) groups excluding carboxylic acids is 2. The van der Waals surface area contributed by atoms with Crippen molar-refractivity contribution in [1.29, 1.82) is 0 Å². The normalized spacial score (nSPS) is 22.3. The van der Waals surface area contributed by atoms with Crippen LogP contribution in [-0.4, -0.2) is 28.4 Å². The number of nitrogens with one attached hydrogen (secondary N) is 1. The van der Waals surface area contributed by atoms with E-state index in [1.165, 1.54) is 4.90 Å². The van der Waals surface area contributed by atoms with Crippen molar-refractivity contribution in [1.82, 2.24) is 10.2 Å². The van der Waals surface area contributed by atoms with E-state index >= 15 is 0 Å². The Bertz CT molecular complexity index is 217. The molecule has 4 nitrogen and oxygen atoms in total. The molecule has 1 rings (SSSR count). The van der Waals surface area contributed by atoms with Crippen molar-refractivity contribution in [2.75, 3.05) is 6.54 Å². The summed E-state index contributed by atoms with van der Waals surface area (Å²) >= 11 is 0. The molecule has 1 fully saturated rings. The molecule has 2 atom stereocenters. The molecule has 3 amide bonds. The maximum Gasteiger partial charge on any atom is 0.325 e. The molecule has 11 heavy (non-hydrogen) atoms. The molecule has 0 saturated carbocycles. The molecule has 0 aromatic heterocycles. The number of amides is 3. The summed E-state index contributed by atoms with van der Waals surface area (Å²) in [5.41, 5.74) is 0. The fourth-order valence-corrected chi connectivity index (χ4v) is 1.46. The van der Waals surface area contributed by atoms with Gasteiger partial charge >= 0.3 is 6.03 Å². The van der Waals surface area contributed by atoms with Gasteiger partial charge in [-0.3, -0.25) is 9.69 Å². The fraction of sp³-hybridized carbons (Fsp3) is 0.600. The Labute approximate surface area is 69.5 Å². The molecular weight excluding hydrogens is 182 g/mol. The van der Waals surface area contributed by atoms with Crippen LogP contribution in [0.2, 0.25) is 0 Å². The van der Waals surface area contributed by atoms with E-state index in [0.29, 0.717) is 6.54 Å². The summed E-state index contributed by atoms with van der Waals surface area (Å²) in [6.45, 7) is 2.17. The Balaban J connectivity index is 2.88. The lowest BCUT2D eigenvalue weighted by Crippen LogP contribution is -2.33. The molecule has 1 aliphatic rings. The second kappa shape index (κ2) is 2.69. The number of imide groups is 1. The van der Waals surface area contributed by atoms with Crippen LogP contribution in [0.1, 0.15) is 6.92 Å². The number of urea groups is 1. The van der Waals surface area contributed by atoms with E-state index in [-0.39, 0.29) is 11.9 Å². The zero-order chi connectivity index (χ0) is 8.65. The number of hydrogen-bond donors (Lipinski definition) is 1. The largest absolute Gasteiger partial charge is 0.325 e. The van der Waals surface area contributed by atoms with Crippen molar-refractivity contribution in [3.63, 3.8) is 0 Å². The van der Waals surface area contributed by atoms with Crippen molar-refractivity contribution in [3.8, 4) is 0 Å². The van der Waals surface area contributed by atoms with Crippen LogP contribution in [0, 0.1) is 0 Å². The second-order valence-corrected chi connectivity index (χ2v) is 4.84. The van der Waals surface area contributed by atoms with Gasteiger partial charge in [0.25, 0.3) is 5.91 Å². The average molecular weight is 192 g/mol. The van der Waals surface area contributed by atoms with Crippen molar-refractivity contribution in [2.45, 2.75) is 11.9 Å². The summed E-state index contributed by atoms with van der Waals surface area (Å²) in [7, 11) is 4.57. The molecule has 0 aromatic rings. The van der Waals surface area contributed by atoms with Gasteiger partial charge in [0.1, 0.15) is 5.02 Å². The van der Waals surface area contributed by atoms with Gasteiger partial charge < -0.3 is 5.32 Å². The zero-order valence-electron chi connectivity index (χ0n) is 6.13. The lowest BCUT2D eigenvalue weighted by Gasteiger charge is -2.13. The van der Waals surface area contributed by atoms with Gasteiger partial charge in [-0.1, -0.05) is 18.5 Å². The second-order valence-electron chi connectivity index (χ2n) is 2.35. The van der Waals surface area contributed by atoms with E-state index in [4.69, 9.17) is 0 Å². The summed E-state index contributed by atoms with van der Waals surface area (Å²) < 4.78 is 0. The van der Waals surface area contributed by atoms with Crippen molar-refractivity contribution in [2.24, 2.45) is 0 Å². The minimum absolute atomic E-state index is 0.222. The van der Waals surface area contributed by atoms with Gasteiger partial charge in [0.05, 0.1) is 0 Å². The number of carbonyl (C=O) groups is 2. The molecule has 0 aliphatic carbocycles. The van der Waals surface area contributed by atoms with Crippen LogP contribution in [-0.2, 0) is 4.79 Å². The van der Waals surface area contributed by atoms with Gasteiger partial charge in [0, 0.05) is 6.54 Å². The van der Waals surface area contributed by atoms with Crippen molar-refractivity contribution >= 4 is 30.4 Å². The van der Waals surface area contributed by atoms with Crippen LogP contribution < -0.4 is 5.32 Å². The van der Waals surface area contributed by atoms with E-state index in [1.54, 1.807) is 6.92 Å². The third-order valence-corrected chi connectivity index (χ3v) is 2.26. The molecule has 0 bridgehead atoms. The van der Waals surface area contributed by atoms with E-state index in [1.807, 2.05) is 0 Å². The number of hydrogen-bond acceptors (Lipinski definition) is 2. The van der Waals surface area contributed by atoms with Crippen LogP contribution in [0.4, 0.5) is 4.79 Å². The van der Waals surface area contributed by atoms with Crippen LogP contribution in [0.25, 0.3) is 0 Å². The molecule has 0 spiro atoms. The lowest BCUT2D eigenvalue weighted by molar-refractivity contribution is -0.126. The van der Waals surface area contributed by atoms with Crippen LogP contribution >= 0.6 is 18.5 Å². The predicted octanol–water partition coefficient (Wildman–Crippen LogP) is -0.0379.